The number of nitrogens with zero attached hydrogens (tertiary/aromatic N) is 6. The van der Waals surface area contributed by atoms with Crippen molar-refractivity contribution in [3.05, 3.63) is 77.7 Å². The predicted octanol–water partition coefficient (Wildman–Crippen LogP) is 5.66. The van der Waals surface area contributed by atoms with Gasteiger partial charge in [-0.15, -0.1) is 23.7 Å². The van der Waals surface area contributed by atoms with Gasteiger partial charge in [-0.3, -0.25) is 0 Å². The summed E-state index contributed by atoms with van der Waals surface area (Å²) in [6.45, 7) is 1.98. The topological polar surface area (TPSA) is 74.2 Å². The summed E-state index contributed by atoms with van der Waals surface area (Å²) in [5, 5.41) is 1.21. The van der Waals surface area contributed by atoms with Crippen molar-refractivity contribution in [3.8, 4) is 10.6 Å². The van der Waals surface area contributed by atoms with Crippen LogP contribution >= 0.6 is 23.7 Å². The molecule has 2 aliphatic rings. The van der Waals surface area contributed by atoms with Gasteiger partial charge in [0.05, 0.1) is 42.9 Å². The Morgan fingerprint density at radius 3 is 1.95 bits per heavy atom. The number of aryl methyl sites for hydroxylation is 1. The molecule has 0 fully saturated rings. The molecule has 0 unspecified atom stereocenters. The SMILES string of the molecule is CN(C)c1ccc2nc3ccc(=[N+](C)C)cc-3sc2c1.Cc1cc2nc3ccc(N(C)C)cc3nc2cc1N.Cl. The molecule has 0 spiro atoms. The zero-order chi connectivity index (χ0) is 27.8. The first-order valence-electron chi connectivity index (χ1n) is 12.8. The number of fused-ring (bicyclic) bond motifs is 4. The maximum Gasteiger partial charge on any atom is 0.201 e. The molecule has 0 atom stereocenters. The molecule has 0 saturated carbocycles. The van der Waals surface area contributed by atoms with Crippen LogP contribution < -0.4 is 25.5 Å². The molecule has 1 aromatic heterocycles. The normalized spacial score (nSPS) is 10.8. The molecule has 0 amide bonds. The summed E-state index contributed by atoms with van der Waals surface area (Å²) in [5.74, 6) is 0. The summed E-state index contributed by atoms with van der Waals surface area (Å²) in [6, 6.07) is 22.8. The van der Waals surface area contributed by atoms with E-state index in [0.29, 0.717) is 0 Å². The maximum atomic E-state index is 5.93. The Balaban J connectivity index is 0.000000181. The van der Waals surface area contributed by atoms with Crippen molar-refractivity contribution in [1.29, 1.82) is 0 Å². The van der Waals surface area contributed by atoms with E-state index >= 15 is 0 Å². The van der Waals surface area contributed by atoms with Crippen molar-refractivity contribution in [1.82, 2.24) is 19.5 Å². The molecule has 206 valence electrons. The number of nitrogen functional groups attached to an aromatic ring is 1. The van der Waals surface area contributed by atoms with Crippen LogP contribution in [0, 0.1) is 6.92 Å². The number of hydrogen-bond acceptors (Lipinski definition) is 7. The van der Waals surface area contributed by atoms with E-state index in [2.05, 4.69) is 88.9 Å². The second-order valence-electron chi connectivity index (χ2n) is 10.3. The molecule has 0 radical (unpaired) electrons. The number of anilines is 3. The lowest BCUT2D eigenvalue weighted by Crippen LogP contribution is -2.21. The van der Waals surface area contributed by atoms with E-state index in [0.717, 1.165) is 50.2 Å². The third kappa shape index (κ3) is 5.93. The lowest BCUT2D eigenvalue weighted by molar-refractivity contribution is 0.814. The van der Waals surface area contributed by atoms with E-state index in [-0.39, 0.29) is 12.4 Å². The minimum atomic E-state index is 0. The summed E-state index contributed by atoms with van der Waals surface area (Å²) in [7, 11) is 12.3. The minimum absolute atomic E-state index is 0. The predicted molar refractivity (Wildman–Crippen MR) is 175 cm³/mol. The molecule has 1 aliphatic heterocycles. The maximum absolute atomic E-state index is 5.93. The number of halogens is 1. The fourth-order valence-electron chi connectivity index (χ4n) is 4.27. The number of aromatic nitrogens is 3. The second kappa shape index (κ2) is 11.6. The molecule has 7 nitrogen and oxygen atoms in total. The van der Waals surface area contributed by atoms with E-state index in [1.54, 1.807) is 11.3 Å². The van der Waals surface area contributed by atoms with Crippen LogP contribution in [0.2, 0.25) is 0 Å². The van der Waals surface area contributed by atoms with Gasteiger partial charge in [0.1, 0.15) is 14.1 Å². The summed E-state index contributed by atoms with van der Waals surface area (Å²) in [4.78, 5) is 19.4. The average molecular weight is 573 g/mol. The molecule has 9 heteroatoms. The van der Waals surface area contributed by atoms with Crippen molar-refractivity contribution < 1.29 is 0 Å². The van der Waals surface area contributed by atoms with E-state index in [1.807, 2.05) is 51.4 Å². The fourth-order valence-corrected chi connectivity index (χ4v) is 5.30. The Hall–Kier alpha value is -4.01. The van der Waals surface area contributed by atoms with Gasteiger partial charge in [0.25, 0.3) is 0 Å². The van der Waals surface area contributed by atoms with Crippen LogP contribution in [0.5, 0.6) is 0 Å². The molecule has 4 aromatic rings. The minimum Gasteiger partial charge on any atom is -0.398 e. The van der Waals surface area contributed by atoms with E-state index in [9.17, 15) is 0 Å². The molecular formula is C31H35ClN7S+. The molecule has 2 heterocycles. The number of benzene rings is 4. The zero-order valence-electron chi connectivity index (χ0n) is 23.9. The fraction of sp³-hybridized carbons (Fsp3) is 0.226. The molecule has 0 bridgehead atoms. The van der Waals surface area contributed by atoms with E-state index in [1.165, 1.54) is 20.6 Å². The highest BCUT2D eigenvalue weighted by Crippen LogP contribution is 2.31. The number of rotatable bonds is 2. The molecule has 6 rings (SSSR count). The monoisotopic (exact) mass is 572 g/mol. The van der Waals surface area contributed by atoms with Crippen molar-refractivity contribution in [2.45, 2.75) is 6.92 Å². The highest BCUT2D eigenvalue weighted by molar-refractivity contribution is 7.21. The molecule has 1 aliphatic carbocycles. The lowest BCUT2D eigenvalue weighted by Gasteiger charge is -2.13. The van der Waals surface area contributed by atoms with Crippen LogP contribution in [0.15, 0.2) is 66.7 Å². The van der Waals surface area contributed by atoms with E-state index < -0.39 is 0 Å². The van der Waals surface area contributed by atoms with Gasteiger partial charge in [0, 0.05) is 57.4 Å². The Bertz CT molecular complexity index is 1870. The molecule has 0 saturated heterocycles. The smallest absolute Gasteiger partial charge is 0.201 e. The van der Waals surface area contributed by atoms with Crippen LogP contribution in [0.25, 0.3) is 42.9 Å². The van der Waals surface area contributed by atoms with Crippen LogP contribution in [-0.2, 0) is 0 Å². The van der Waals surface area contributed by atoms with Gasteiger partial charge < -0.3 is 15.5 Å². The summed E-state index contributed by atoms with van der Waals surface area (Å²) in [5.41, 5.74) is 15.7. The summed E-state index contributed by atoms with van der Waals surface area (Å²) < 4.78 is 3.34. The molecule has 3 aromatic carbocycles. The second-order valence-corrected chi connectivity index (χ2v) is 11.4. The van der Waals surface area contributed by atoms with Crippen LogP contribution in [0.1, 0.15) is 5.56 Å². The van der Waals surface area contributed by atoms with Gasteiger partial charge in [0.15, 0.2) is 0 Å². The Kier molecular flexibility index (Phi) is 8.42. The summed E-state index contributed by atoms with van der Waals surface area (Å²) >= 11 is 1.80. The van der Waals surface area contributed by atoms with Crippen molar-refractivity contribution >= 4 is 73.1 Å². The van der Waals surface area contributed by atoms with Crippen molar-refractivity contribution in [2.24, 2.45) is 0 Å². The first-order chi connectivity index (χ1) is 18.6. The van der Waals surface area contributed by atoms with Gasteiger partial charge in [-0.2, -0.15) is 0 Å². The van der Waals surface area contributed by atoms with Gasteiger partial charge >= 0.3 is 0 Å². The summed E-state index contributed by atoms with van der Waals surface area (Å²) in [6.07, 6.45) is 0. The van der Waals surface area contributed by atoms with Gasteiger partial charge in [0.2, 0.25) is 5.36 Å². The van der Waals surface area contributed by atoms with Gasteiger partial charge in [-0.05, 0) is 67.1 Å². The lowest BCUT2D eigenvalue weighted by atomic mass is 10.1. The van der Waals surface area contributed by atoms with Crippen LogP contribution in [-0.4, -0.2) is 57.2 Å². The first kappa shape index (κ1) is 29.0. The van der Waals surface area contributed by atoms with Crippen molar-refractivity contribution in [3.63, 3.8) is 0 Å². The van der Waals surface area contributed by atoms with Gasteiger partial charge in [-0.1, -0.05) is 0 Å². The third-order valence-corrected chi connectivity index (χ3v) is 7.79. The first-order valence-corrected chi connectivity index (χ1v) is 13.6. The number of nitrogens with two attached hydrogens (primary N) is 1. The molecular weight excluding hydrogens is 538 g/mol. The Labute approximate surface area is 245 Å². The quantitative estimate of drug-likeness (QED) is 0.164. The highest BCUT2D eigenvalue weighted by atomic mass is 35.5. The van der Waals surface area contributed by atoms with Crippen LogP contribution in [0.3, 0.4) is 0 Å². The van der Waals surface area contributed by atoms with Crippen molar-refractivity contribution in [2.75, 3.05) is 57.8 Å². The molecule has 2 N–H and O–H groups in total. The standard InChI is InChI=1S/C16H18N3S.C15H16N4.ClH/c1-18(2)11-5-7-13-15(9-11)20-16-10-12(19(3)4)6-8-14(16)17-13;1-9-6-13-15(8-11(9)16)18-14-7-10(19(2)3)4-5-12(14)17-13;/h5-10H,1-4H3;4-8H,16H2,1-3H3;1H/q+1;;. The Morgan fingerprint density at radius 2 is 1.27 bits per heavy atom. The zero-order valence-corrected chi connectivity index (χ0v) is 25.6. The Morgan fingerprint density at radius 1 is 0.675 bits per heavy atom. The molecule has 40 heavy (non-hydrogen) atoms. The average Bonchev–Trinajstić information content (AvgIpc) is 2.90. The van der Waals surface area contributed by atoms with Gasteiger partial charge in [-0.25, -0.2) is 19.5 Å². The largest absolute Gasteiger partial charge is 0.398 e. The third-order valence-electron chi connectivity index (χ3n) is 6.70. The highest BCUT2D eigenvalue weighted by Gasteiger charge is 2.10. The van der Waals surface area contributed by atoms with Crippen LogP contribution in [0.4, 0.5) is 17.1 Å². The number of hydrogen-bond donors (Lipinski definition) is 1. The van der Waals surface area contributed by atoms with E-state index in [4.69, 9.17) is 10.7 Å².